The van der Waals surface area contributed by atoms with Crippen LogP contribution in [-0.2, 0) is 23.8 Å². The van der Waals surface area contributed by atoms with Gasteiger partial charge in [-0.15, -0.1) is 0 Å². The third kappa shape index (κ3) is 56.7. The minimum absolute atomic E-state index is 0.0217. The van der Waals surface area contributed by atoms with E-state index in [1.165, 1.54) is 340 Å². The van der Waals surface area contributed by atoms with E-state index in [1.54, 1.807) is 6.08 Å². The van der Waals surface area contributed by atoms with Gasteiger partial charge >= 0.3 is 5.97 Å². The van der Waals surface area contributed by atoms with Crippen LogP contribution < -0.4 is 5.32 Å². The van der Waals surface area contributed by atoms with Crippen LogP contribution in [0.5, 0.6) is 0 Å². The number of ether oxygens (including phenoxy) is 3. The quantitative estimate of drug-likeness (QED) is 0.0195. The number of hydrogen-bond donors (Lipinski definition) is 6. The molecule has 0 spiro atoms. The largest absolute Gasteiger partial charge is 0.466 e. The molecule has 0 radical (unpaired) electrons. The molecule has 7 unspecified atom stereocenters. The van der Waals surface area contributed by atoms with E-state index in [0.717, 1.165) is 51.4 Å². The molecular weight excluding hydrogens is 1120 g/mol. The highest BCUT2D eigenvalue weighted by atomic mass is 16.7. The number of aliphatic hydroxyl groups excluding tert-OH is 5. The average molecular weight is 1280 g/mol. The fourth-order valence-electron chi connectivity index (χ4n) is 13.1. The van der Waals surface area contributed by atoms with Crippen molar-refractivity contribution in [3.05, 3.63) is 12.2 Å². The number of aliphatic hydroxyl groups is 5. The van der Waals surface area contributed by atoms with E-state index in [2.05, 4.69) is 19.2 Å². The van der Waals surface area contributed by atoms with Gasteiger partial charge in [-0.25, -0.2) is 0 Å². The molecule has 7 atom stereocenters. The number of amides is 1. The van der Waals surface area contributed by atoms with Crippen molar-refractivity contribution in [2.45, 2.75) is 461 Å². The zero-order valence-corrected chi connectivity index (χ0v) is 59.6. The van der Waals surface area contributed by atoms with Gasteiger partial charge in [0.2, 0.25) is 5.91 Å². The molecule has 0 saturated carbocycles. The molecule has 11 heteroatoms. The molecular formula is C79H153NO10. The number of rotatable bonds is 72. The van der Waals surface area contributed by atoms with Crippen molar-refractivity contribution < 1.29 is 49.3 Å². The van der Waals surface area contributed by atoms with Crippen LogP contribution in [0.25, 0.3) is 0 Å². The SMILES string of the molecule is CCCCCCCCC/C=C/C(O)C(COC1OC(CO)C(O)C(O)C1O)NC(=O)CCCCCCCCCCCCCCCCCCCCCCCCCCCCCCCCCCCCCCCOC(=O)CCCCCCCCCCCCCCCCCC. The Kier molecular flexibility index (Phi) is 66.0. The van der Waals surface area contributed by atoms with Gasteiger partial charge in [0.1, 0.15) is 24.4 Å². The fraction of sp³-hybridized carbons (Fsp3) is 0.949. The molecule has 0 aromatic rings. The molecule has 6 N–H and O–H groups in total. The Balaban J connectivity index is 1.83. The molecule has 1 amide bonds. The third-order valence-electron chi connectivity index (χ3n) is 19.4. The van der Waals surface area contributed by atoms with Gasteiger partial charge < -0.3 is 45.1 Å². The van der Waals surface area contributed by atoms with E-state index >= 15 is 0 Å². The zero-order chi connectivity index (χ0) is 65.1. The molecule has 0 aromatic heterocycles. The number of hydrogen-bond acceptors (Lipinski definition) is 10. The third-order valence-corrected chi connectivity index (χ3v) is 19.4. The predicted octanol–water partition coefficient (Wildman–Crippen LogP) is 21.4. The summed E-state index contributed by atoms with van der Waals surface area (Å²) in [6.45, 7) is 4.38. The van der Waals surface area contributed by atoms with Crippen LogP contribution in [0.1, 0.15) is 418 Å². The number of carbonyl (C=O) groups excluding carboxylic acids is 2. The number of carbonyl (C=O) groups is 2. The Labute approximate surface area is 557 Å². The summed E-state index contributed by atoms with van der Waals surface area (Å²) in [7, 11) is 0. The summed E-state index contributed by atoms with van der Waals surface area (Å²) in [4.78, 5) is 25.1. The highest BCUT2D eigenvalue weighted by molar-refractivity contribution is 5.76. The van der Waals surface area contributed by atoms with Crippen molar-refractivity contribution in [2.24, 2.45) is 0 Å². The van der Waals surface area contributed by atoms with Crippen molar-refractivity contribution in [2.75, 3.05) is 19.8 Å². The zero-order valence-electron chi connectivity index (χ0n) is 59.6. The molecule has 0 bridgehead atoms. The van der Waals surface area contributed by atoms with Gasteiger partial charge in [-0.3, -0.25) is 9.59 Å². The summed E-state index contributed by atoms with van der Waals surface area (Å²) in [5, 5.41) is 54.3. The smallest absolute Gasteiger partial charge is 0.305 e. The Morgan fingerprint density at radius 2 is 0.700 bits per heavy atom. The monoisotopic (exact) mass is 1280 g/mol. The first-order valence-electron chi connectivity index (χ1n) is 40.0. The van der Waals surface area contributed by atoms with Gasteiger partial charge in [-0.1, -0.05) is 386 Å². The first-order valence-corrected chi connectivity index (χ1v) is 40.0. The van der Waals surface area contributed by atoms with Gasteiger partial charge in [0.25, 0.3) is 0 Å². The van der Waals surface area contributed by atoms with Crippen molar-refractivity contribution in [1.82, 2.24) is 5.32 Å². The topological polar surface area (TPSA) is 175 Å². The van der Waals surface area contributed by atoms with E-state index < -0.39 is 49.5 Å². The number of nitrogens with one attached hydrogen (secondary N) is 1. The molecule has 1 aliphatic heterocycles. The summed E-state index contributed by atoms with van der Waals surface area (Å²) in [6, 6.07) is -0.803. The Morgan fingerprint density at radius 1 is 0.400 bits per heavy atom. The second-order valence-electron chi connectivity index (χ2n) is 28.1. The maximum atomic E-state index is 13.0. The molecule has 1 saturated heterocycles. The summed E-state index contributed by atoms with van der Waals surface area (Å²) in [6.07, 6.45) is 77.0. The van der Waals surface area contributed by atoms with Crippen LogP contribution in [0.2, 0.25) is 0 Å². The highest BCUT2D eigenvalue weighted by Gasteiger charge is 2.44. The van der Waals surface area contributed by atoms with Crippen LogP contribution in [-0.4, -0.2) is 100 Å². The van der Waals surface area contributed by atoms with Crippen molar-refractivity contribution in [1.29, 1.82) is 0 Å². The predicted molar refractivity (Wildman–Crippen MR) is 380 cm³/mol. The maximum absolute atomic E-state index is 13.0. The van der Waals surface area contributed by atoms with Crippen LogP contribution in [0, 0.1) is 0 Å². The molecule has 1 rings (SSSR count). The van der Waals surface area contributed by atoms with Gasteiger partial charge in [0, 0.05) is 12.8 Å². The first-order chi connectivity index (χ1) is 44.2. The van der Waals surface area contributed by atoms with Crippen LogP contribution in [0.4, 0.5) is 0 Å². The van der Waals surface area contributed by atoms with Crippen molar-refractivity contribution in [3.63, 3.8) is 0 Å². The van der Waals surface area contributed by atoms with E-state index in [-0.39, 0.29) is 18.5 Å². The van der Waals surface area contributed by atoms with Crippen LogP contribution in [0.3, 0.4) is 0 Å². The molecule has 1 fully saturated rings. The van der Waals surface area contributed by atoms with E-state index in [0.29, 0.717) is 19.4 Å². The highest BCUT2D eigenvalue weighted by Crippen LogP contribution is 2.24. The summed E-state index contributed by atoms with van der Waals surface area (Å²) >= 11 is 0. The van der Waals surface area contributed by atoms with E-state index in [4.69, 9.17) is 14.2 Å². The van der Waals surface area contributed by atoms with Crippen molar-refractivity contribution in [3.8, 4) is 0 Å². The Bertz CT molecular complexity index is 1500. The lowest BCUT2D eigenvalue weighted by Crippen LogP contribution is -2.60. The van der Waals surface area contributed by atoms with E-state index in [9.17, 15) is 35.1 Å². The Hall–Kier alpha value is -1.60. The summed E-state index contributed by atoms with van der Waals surface area (Å²) in [5.41, 5.74) is 0. The lowest BCUT2D eigenvalue weighted by atomic mass is 9.99. The molecule has 90 heavy (non-hydrogen) atoms. The van der Waals surface area contributed by atoms with Gasteiger partial charge in [-0.05, 0) is 32.1 Å². The molecule has 0 aromatic carbocycles. The maximum Gasteiger partial charge on any atom is 0.305 e. The second-order valence-corrected chi connectivity index (χ2v) is 28.1. The molecule has 534 valence electrons. The molecule has 0 aliphatic carbocycles. The summed E-state index contributed by atoms with van der Waals surface area (Å²) < 4.78 is 16.8. The minimum Gasteiger partial charge on any atom is -0.466 e. The standard InChI is InChI=1S/C79H153NO10/c1-3-5-7-9-11-13-14-15-16-41-44-47-51-55-59-63-67-75(84)88-68-64-60-56-52-48-45-42-39-37-35-33-31-29-27-25-23-21-19-17-18-20-22-24-26-28-30-32-34-36-38-40-43-46-50-54-58-62-66-74(83)80-71(72(82)65-61-57-53-49-12-10-8-6-4-2)70-89-79-78(87)77(86)76(85)73(69-81)90-79/h61,65,71-73,76-79,81-82,85-87H,3-60,62-64,66-70H2,1-2H3,(H,80,83)/b65-61+. The molecule has 1 heterocycles. The van der Waals surface area contributed by atoms with Crippen molar-refractivity contribution >= 4 is 11.9 Å². The normalized spacial score (nSPS) is 17.6. The number of unbranched alkanes of at least 4 members (excludes halogenated alkanes) is 58. The fourth-order valence-corrected chi connectivity index (χ4v) is 13.1. The number of esters is 1. The van der Waals surface area contributed by atoms with Gasteiger partial charge in [0.15, 0.2) is 6.29 Å². The van der Waals surface area contributed by atoms with E-state index in [1.807, 2.05) is 6.08 Å². The molecule has 1 aliphatic rings. The summed E-state index contributed by atoms with van der Waals surface area (Å²) in [5.74, 6) is -0.154. The van der Waals surface area contributed by atoms with Crippen LogP contribution in [0.15, 0.2) is 12.2 Å². The average Bonchev–Trinajstić information content (AvgIpc) is 0.988. The second kappa shape index (κ2) is 68.8. The lowest BCUT2D eigenvalue weighted by molar-refractivity contribution is -0.302. The van der Waals surface area contributed by atoms with Gasteiger partial charge in [0.05, 0.1) is 32.0 Å². The minimum atomic E-state index is -1.57. The van der Waals surface area contributed by atoms with Crippen LogP contribution >= 0.6 is 0 Å². The lowest BCUT2D eigenvalue weighted by Gasteiger charge is -2.40. The van der Waals surface area contributed by atoms with Gasteiger partial charge in [-0.2, -0.15) is 0 Å². The number of allylic oxidation sites excluding steroid dienone is 1. The first kappa shape index (κ1) is 86.4. The molecule has 11 nitrogen and oxygen atoms in total. The Morgan fingerprint density at radius 3 is 1.03 bits per heavy atom.